The van der Waals surface area contributed by atoms with E-state index in [1.807, 2.05) is 0 Å². The number of benzene rings is 1. The molecule has 2 rings (SSSR count). The molecule has 1 heterocycles. The summed E-state index contributed by atoms with van der Waals surface area (Å²) in [4.78, 5) is 11.7. The molecule has 0 fully saturated rings. The second-order valence-electron chi connectivity index (χ2n) is 4.60. The van der Waals surface area contributed by atoms with E-state index in [0.717, 1.165) is 18.4 Å². The summed E-state index contributed by atoms with van der Waals surface area (Å²) >= 11 is 0. The van der Waals surface area contributed by atoms with Crippen molar-refractivity contribution in [2.45, 2.75) is 24.7 Å². The average Bonchev–Trinajstić information content (AvgIpc) is 2.95. The van der Waals surface area contributed by atoms with E-state index in [0.29, 0.717) is 0 Å². The van der Waals surface area contributed by atoms with E-state index in [9.17, 15) is 13.2 Å². The minimum atomic E-state index is -3.83. The van der Waals surface area contributed by atoms with Crippen molar-refractivity contribution in [1.29, 1.82) is 0 Å². The Labute approximate surface area is 128 Å². The minimum Gasteiger partial charge on any atom is -0.354 e. The minimum absolute atomic E-state index is 0.0956. The van der Waals surface area contributed by atoms with Crippen molar-refractivity contribution in [3.05, 3.63) is 35.5 Å². The number of rotatable bonds is 6. The van der Waals surface area contributed by atoms with Crippen LogP contribution in [0.25, 0.3) is 0 Å². The Hall–Kier alpha value is -2.42. The van der Waals surface area contributed by atoms with Crippen LogP contribution in [0.3, 0.4) is 0 Å². The topological polar surface area (TPSA) is 117 Å². The number of aromatic amines is 1. The first-order valence-corrected chi connectivity index (χ1v) is 8.21. The van der Waals surface area contributed by atoms with Gasteiger partial charge in [-0.2, -0.15) is 5.21 Å². The largest absolute Gasteiger partial charge is 0.354 e. The highest BCUT2D eigenvalue weighted by molar-refractivity contribution is 7.92. The Morgan fingerprint density at radius 1 is 1.23 bits per heavy atom. The number of carbonyl (C=O) groups is 1. The molecular weight excluding hydrogens is 306 g/mol. The van der Waals surface area contributed by atoms with Crippen LogP contribution in [0.5, 0.6) is 0 Å². The lowest BCUT2D eigenvalue weighted by molar-refractivity contribution is 0.0959. The summed E-state index contributed by atoms with van der Waals surface area (Å²) in [5, 5.41) is 11.9. The van der Waals surface area contributed by atoms with E-state index < -0.39 is 15.9 Å². The Kier molecular flexibility index (Phi) is 4.76. The maximum absolute atomic E-state index is 12.3. The van der Waals surface area contributed by atoms with Gasteiger partial charge in [0.25, 0.3) is 15.9 Å². The zero-order chi connectivity index (χ0) is 16.2. The molecule has 0 unspecified atom stereocenters. The lowest BCUT2D eigenvalue weighted by Gasteiger charge is -2.07. The first-order valence-electron chi connectivity index (χ1n) is 6.72. The van der Waals surface area contributed by atoms with E-state index >= 15 is 0 Å². The molecule has 0 saturated carbocycles. The molecule has 0 aliphatic carbocycles. The highest BCUT2D eigenvalue weighted by atomic mass is 32.2. The third kappa shape index (κ3) is 3.42. The quantitative estimate of drug-likeness (QED) is 0.731. The van der Waals surface area contributed by atoms with Crippen molar-refractivity contribution < 1.29 is 13.2 Å². The maximum atomic E-state index is 12.3. The summed E-state index contributed by atoms with van der Waals surface area (Å²) in [7, 11) is -2.41. The molecule has 0 aliphatic rings. The van der Waals surface area contributed by atoms with Gasteiger partial charge in [0.1, 0.15) is 0 Å². The molecule has 0 atom stereocenters. The Morgan fingerprint density at radius 3 is 2.50 bits per heavy atom. The van der Waals surface area contributed by atoms with Crippen LogP contribution >= 0.6 is 0 Å². The molecule has 0 spiro atoms. The number of anilines is 1. The molecule has 9 heteroatoms. The number of carbonyl (C=O) groups excluding carboxylic acids is 1. The van der Waals surface area contributed by atoms with Gasteiger partial charge in [-0.3, -0.25) is 9.52 Å². The van der Waals surface area contributed by atoms with Crippen molar-refractivity contribution in [1.82, 2.24) is 20.7 Å². The van der Waals surface area contributed by atoms with Crippen molar-refractivity contribution in [2.24, 2.45) is 0 Å². The van der Waals surface area contributed by atoms with Crippen molar-refractivity contribution >= 4 is 21.7 Å². The number of amides is 1. The molecule has 3 N–H and O–H groups in total. The third-order valence-corrected chi connectivity index (χ3v) is 4.35. The second kappa shape index (κ2) is 6.56. The molecule has 0 saturated heterocycles. The van der Waals surface area contributed by atoms with E-state index in [2.05, 4.69) is 32.4 Å². The SMILES string of the molecule is CCCc1ccc(S(=O)(=O)Nc2n[nH]nc2C(=O)NC)cc1. The van der Waals surface area contributed by atoms with E-state index in [1.54, 1.807) is 12.1 Å². The van der Waals surface area contributed by atoms with Gasteiger partial charge in [-0.1, -0.05) is 25.5 Å². The van der Waals surface area contributed by atoms with E-state index in [1.165, 1.54) is 19.2 Å². The number of aryl methyl sites for hydroxylation is 1. The fourth-order valence-corrected chi connectivity index (χ4v) is 2.90. The van der Waals surface area contributed by atoms with Crippen LogP contribution in [-0.4, -0.2) is 36.8 Å². The number of hydrogen-bond acceptors (Lipinski definition) is 5. The van der Waals surface area contributed by atoms with E-state index in [-0.39, 0.29) is 16.4 Å². The van der Waals surface area contributed by atoms with Crippen LogP contribution in [0.1, 0.15) is 29.4 Å². The Balaban J connectivity index is 2.24. The van der Waals surface area contributed by atoms with Crippen LogP contribution in [0, 0.1) is 0 Å². The van der Waals surface area contributed by atoms with Gasteiger partial charge in [0, 0.05) is 7.05 Å². The molecule has 0 radical (unpaired) electrons. The van der Waals surface area contributed by atoms with Gasteiger partial charge in [-0.25, -0.2) is 8.42 Å². The molecule has 2 aromatic rings. The smallest absolute Gasteiger partial charge is 0.275 e. The van der Waals surface area contributed by atoms with Gasteiger partial charge in [0.15, 0.2) is 11.5 Å². The lowest BCUT2D eigenvalue weighted by Crippen LogP contribution is -2.21. The first-order chi connectivity index (χ1) is 10.5. The molecule has 1 amide bonds. The summed E-state index contributed by atoms with van der Waals surface area (Å²) in [5.74, 6) is -0.679. The highest BCUT2D eigenvalue weighted by Gasteiger charge is 2.21. The van der Waals surface area contributed by atoms with Crippen LogP contribution < -0.4 is 10.0 Å². The summed E-state index contributed by atoms with van der Waals surface area (Å²) < 4.78 is 26.9. The predicted molar refractivity (Wildman–Crippen MR) is 81.0 cm³/mol. The summed E-state index contributed by atoms with van der Waals surface area (Å²) in [6.45, 7) is 2.05. The van der Waals surface area contributed by atoms with E-state index in [4.69, 9.17) is 0 Å². The van der Waals surface area contributed by atoms with Crippen LogP contribution in [0.15, 0.2) is 29.2 Å². The summed E-state index contributed by atoms with van der Waals surface area (Å²) in [6.07, 6.45) is 1.87. The highest BCUT2D eigenvalue weighted by Crippen LogP contribution is 2.17. The summed E-state index contributed by atoms with van der Waals surface area (Å²) in [5.41, 5.74) is 0.947. The number of H-pyrrole nitrogens is 1. The van der Waals surface area contributed by atoms with Crippen molar-refractivity contribution in [3.8, 4) is 0 Å². The fourth-order valence-electron chi connectivity index (χ4n) is 1.89. The van der Waals surface area contributed by atoms with Crippen LogP contribution in [0.2, 0.25) is 0 Å². The molecule has 0 aliphatic heterocycles. The molecule has 1 aromatic heterocycles. The Bertz CT molecular complexity index is 752. The first kappa shape index (κ1) is 16.0. The molecular formula is C13H17N5O3S. The van der Waals surface area contributed by atoms with Crippen molar-refractivity contribution in [3.63, 3.8) is 0 Å². The summed E-state index contributed by atoms with van der Waals surface area (Å²) in [6, 6.07) is 6.57. The molecule has 8 nitrogen and oxygen atoms in total. The molecule has 1 aromatic carbocycles. The number of hydrogen-bond donors (Lipinski definition) is 3. The maximum Gasteiger partial charge on any atom is 0.275 e. The van der Waals surface area contributed by atoms with Gasteiger partial charge >= 0.3 is 0 Å². The molecule has 0 bridgehead atoms. The number of sulfonamides is 1. The number of nitrogens with zero attached hydrogens (tertiary/aromatic N) is 2. The number of aromatic nitrogens is 3. The second-order valence-corrected chi connectivity index (χ2v) is 6.28. The standard InChI is InChI=1S/C13H17N5O3S/c1-3-4-9-5-7-10(8-6-9)22(20,21)17-12-11(13(19)14-2)15-18-16-12/h5-8H,3-4H2,1-2H3,(H,14,19)(H2,15,16,17,18). The molecule has 118 valence electrons. The number of nitrogens with one attached hydrogen (secondary N) is 3. The van der Waals surface area contributed by atoms with Crippen LogP contribution in [0.4, 0.5) is 5.82 Å². The zero-order valence-corrected chi connectivity index (χ0v) is 13.1. The lowest BCUT2D eigenvalue weighted by atomic mass is 10.1. The van der Waals surface area contributed by atoms with Gasteiger partial charge in [0.2, 0.25) is 0 Å². The third-order valence-electron chi connectivity index (χ3n) is 2.99. The fraction of sp³-hybridized carbons (Fsp3) is 0.308. The van der Waals surface area contributed by atoms with Gasteiger partial charge in [-0.05, 0) is 24.1 Å². The van der Waals surface area contributed by atoms with Gasteiger partial charge in [0.05, 0.1) is 4.90 Å². The van der Waals surface area contributed by atoms with Crippen molar-refractivity contribution in [2.75, 3.05) is 11.8 Å². The van der Waals surface area contributed by atoms with Gasteiger partial charge in [-0.15, -0.1) is 10.2 Å². The molecule has 22 heavy (non-hydrogen) atoms. The Morgan fingerprint density at radius 2 is 1.91 bits per heavy atom. The predicted octanol–water partition coefficient (Wildman–Crippen LogP) is 0.918. The normalized spacial score (nSPS) is 11.2. The average molecular weight is 323 g/mol. The monoisotopic (exact) mass is 323 g/mol. The zero-order valence-electron chi connectivity index (χ0n) is 12.3. The van der Waals surface area contributed by atoms with Crippen LogP contribution in [-0.2, 0) is 16.4 Å². The van der Waals surface area contributed by atoms with Gasteiger partial charge < -0.3 is 5.32 Å².